The standard InChI is InChI=1S/C11H10ClN3OS/c1-2-9-14-15-11(17-9)13-10(16)7-3-5-8(12)6-4-7/h3-6H,2H2,1H3,(H,13,15,16). The van der Waals surface area contributed by atoms with Gasteiger partial charge >= 0.3 is 0 Å². The summed E-state index contributed by atoms with van der Waals surface area (Å²) in [5, 5.41) is 12.5. The Morgan fingerprint density at radius 3 is 2.65 bits per heavy atom. The molecule has 0 aliphatic heterocycles. The molecule has 2 aromatic rings. The maximum Gasteiger partial charge on any atom is 0.257 e. The lowest BCUT2D eigenvalue weighted by Gasteiger charge is -2.00. The molecule has 17 heavy (non-hydrogen) atoms. The lowest BCUT2D eigenvalue weighted by atomic mass is 10.2. The fourth-order valence-corrected chi connectivity index (χ4v) is 2.02. The largest absolute Gasteiger partial charge is 0.296 e. The number of carbonyl (C=O) groups excluding carboxylic acids is 1. The van der Waals surface area contributed by atoms with E-state index in [4.69, 9.17) is 11.6 Å². The van der Waals surface area contributed by atoms with E-state index < -0.39 is 0 Å². The normalized spacial score (nSPS) is 10.2. The van der Waals surface area contributed by atoms with Crippen LogP contribution < -0.4 is 5.32 Å². The van der Waals surface area contributed by atoms with Gasteiger partial charge in [-0.3, -0.25) is 10.1 Å². The van der Waals surface area contributed by atoms with Crippen molar-refractivity contribution in [2.75, 3.05) is 5.32 Å². The molecule has 1 heterocycles. The predicted octanol–water partition coefficient (Wildman–Crippen LogP) is 3.01. The van der Waals surface area contributed by atoms with Gasteiger partial charge in [0.15, 0.2) is 0 Å². The Morgan fingerprint density at radius 2 is 2.06 bits per heavy atom. The third-order valence-electron chi connectivity index (χ3n) is 2.10. The van der Waals surface area contributed by atoms with E-state index in [-0.39, 0.29) is 5.91 Å². The summed E-state index contributed by atoms with van der Waals surface area (Å²) in [7, 11) is 0. The first-order valence-corrected chi connectivity index (χ1v) is 6.28. The summed E-state index contributed by atoms with van der Waals surface area (Å²) in [5.74, 6) is -0.208. The van der Waals surface area contributed by atoms with Crippen LogP contribution in [0.1, 0.15) is 22.3 Å². The van der Waals surface area contributed by atoms with E-state index >= 15 is 0 Å². The molecule has 0 aliphatic rings. The number of nitrogens with zero attached hydrogens (tertiary/aromatic N) is 2. The highest BCUT2D eigenvalue weighted by atomic mass is 35.5. The van der Waals surface area contributed by atoms with Crippen LogP contribution in [0.3, 0.4) is 0 Å². The fraction of sp³-hybridized carbons (Fsp3) is 0.182. The van der Waals surface area contributed by atoms with E-state index in [1.165, 1.54) is 11.3 Å². The van der Waals surface area contributed by atoms with Crippen molar-refractivity contribution in [1.29, 1.82) is 0 Å². The highest BCUT2D eigenvalue weighted by molar-refractivity contribution is 7.15. The minimum atomic E-state index is -0.208. The number of carbonyl (C=O) groups is 1. The molecule has 0 saturated carbocycles. The number of amides is 1. The van der Waals surface area contributed by atoms with Gasteiger partial charge in [0.05, 0.1) is 0 Å². The topological polar surface area (TPSA) is 54.9 Å². The summed E-state index contributed by atoms with van der Waals surface area (Å²) in [6, 6.07) is 6.68. The van der Waals surface area contributed by atoms with Crippen molar-refractivity contribution < 1.29 is 4.79 Å². The third-order valence-corrected chi connectivity index (χ3v) is 3.33. The Morgan fingerprint density at radius 1 is 1.35 bits per heavy atom. The summed E-state index contributed by atoms with van der Waals surface area (Å²) in [5.41, 5.74) is 0.544. The highest BCUT2D eigenvalue weighted by Crippen LogP contribution is 2.17. The zero-order chi connectivity index (χ0) is 12.3. The third kappa shape index (κ3) is 3.01. The number of hydrogen-bond acceptors (Lipinski definition) is 4. The molecule has 1 N–H and O–H groups in total. The van der Waals surface area contributed by atoms with E-state index in [9.17, 15) is 4.79 Å². The van der Waals surface area contributed by atoms with Crippen molar-refractivity contribution >= 4 is 34.0 Å². The second-order valence-electron chi connectivity index (χ2n) is 3.32. The Hall–Kier alpha value is -1.46. The van der Waals surface area contributed by atoms with Gasteiger partial charge in [-0.25, -0.2) is 0 Å². The van der Waals surface area contributed by atoms with Crippen molar-refractivity contribution in [2.45, 2.75) is 13.3 Å². The van der Waals surface area contributed by atoms with E-state index in [2.05, 4.69) is 15.5 Å². The first kappa shape index (κ1) is 12.0. The molecule has 0 aliphatic carbocycles. The second kappa shape index (κ2) is 5.25. The van der Waals surface area contributed by atoms with Crippen LogP contribution in [0.25, 0.3) is 0 Å². The van der Waals surface area contributed by atoms with Gasteiger partial charge < -0.3 is 0 Å². The van der Waals surface area contributed by atoms with E-state index in [1.54, 1.807) is 24.3 Å². The van der Waals surface area contributed by atoms with Crippen molar-refractivity contribution in [3.63, 3.8) is 0 Å². The van der Waals surface area contributed by atoms with E-state index in [0.717, 1.165) is 11.4 Å². The van der Waals surface area contributed by atoms with Crippen LogP contribution in [0.5, 0.6) is 0 Å². The minimum absolute atomic E-state index is 0.208. The Bertz CT molecular complexity index is 524. The predicted molar refractivity (Wildman–Crippen MR) is 68.7 cm³/mol. The zero-order valence-electron chi connectivity index (χ0n) is 9.11. The molecule has 0 saturated heterocycles. The van der Waals surface area contributed by atoms with Crippen LogP contribution in [0.4, 0.5) is 5.13 Å². The van der Waals surface area contributed by atoms with Crippen LogP contribution in [-0.2, 0) is 6.42 Å². The van der Waals surface area contributed by atoms with Gasteiger partial charge in [0.1, 0.15) is 5.01 Å². The summed E-state index contributed by atoms with van der Waals surface area (Å²) in [4.78, 5) is 11.8. The van der Waals surface area contributed by atoms with Gasteiger partial charge in [0, 0.05) is 10.6 Å². The van der Waals surface area contributed by atoms with Gasteiger partial charge in [0.25, 0.3) is 5.91 Å². The minimum Gasteiger partial charge on any atom is -0.296 e. The molecule has 2 rings (SSSR count). The molecule has 0 radical (unpaired) electrons. The molecule has 1 aromatic carbocycles. The van der Waals surface area contributed by atoms with Gasteiger partial charge in [-0.2, -0.15) is 0 Å². The van der Waals surface area contributed by atoms with Crippen molar-refractivity contribution in [3.05, 3.63) is 39.9 Å². The summed E-state index contributed by atoms with van der Waals surface area (Å²) >= 11 is 7.13. The van der Waals surface area contributed by atoms with Gasteiger partial charge in [-0.1, -0.05) is 29.9 Å². The fourth-order valence-electron chi connectivity index (χ4n) is 1.22. The summed E-state index contributed by atoms with van der Waals surface area (Å²) in [6.07, 6.45) is 0.814. The van der Waals surface area contributed by atoms with Crippen molar-refractivity contribution in [1.82, 2.24) is 10.2 Å². The molecule has 6 heteroatoms. The Balaban J connectivity index is 2.08. The van der Waals surface area contributed by atoms with Crippen LogP contribution in [0, 0.1) is 0 Å². The van der Waals surface area contributed by atoms with Crippen LogP contribution in [0.15, 0.2) is 24.3 Å². The molecule has 0 atom stereocenters. The Kier molecular flexibility index (Phi) is 3.71. The lowest BCUT2D eigenvalue weighted by molar-refractivity contribution is 0.102. The molecular weight excluding hydrogens is 258 g/mol. The second-order valence-corrected chi connectivity index (χ2v) is 4.81. The monoisotopic (exact) mass is 267 g/mol. The molecule has 1 amide bonds. The molecule has 0 unspecified atom stereocenters. The first-order chi connectivity index (χ1) is 8.19. The maximum absolute atomic E-state index is 11.8. The highest BCUT2D eigenvalue weighted by Gasteiger charge is 2.09. The zero-order valence-corrected chi connectivity index (χ0v) is 10.7. The molecule has 0 fully saturated rings. The summed E-state index contributed by atoms with van der Waals surface area (Å²) in [6.45, 7) is 1.99. The number of nitrogens with one attached hydrogen (secondary N) is 1. The van der Waals surface area contributed by atoms with Crippen molar-refractivity contribution in [2.24, 2.45) is 0 Å². The Labute approximate surface area is 108 Å². The number of aromatic nitrogens is 2. The molecule has 0 spiro atoms. The number of halogens is 1. The van der Waals surface area contributed by atoms with Crippen LogP contribution in [0.2, 0.25) is 5.02 Å². The van der Waals surface area contributed by atoms with Gasteiger partial charge in [0.2, 0.25) is 5.13 Å². The molecular formula is C11H10ClN3OS. The number of anilines is 1. The van der Waals surface area contributed by atoms with Gasteiger partial charge in [-0.05, 0) is 30.7 Å². The molecule has 88 valence electrons. The smallest absolute Gasteiger partial charge is 0.257 e. The molecule has 1 aromatic heterocycles. The lowest BCUT2D eigenvalue weighted by Crippen LogP contribution is -2.11. The molecule has 4 nitrogen and oxygen atoms in total. The van der Waals surface area contributed by atoms with E-state index in [0.29, 0.717) is 15.7 Å². The van der Waals surface area contributed by atoms with Gasteiger partial charge in [-0.15, -0.1) is 10.2 Å². The number of aryl methyl sites for hydroxylation is 1. The number of hydrogen-bond donors (Lipinski definition) is 1. The summed E-state index contributed by atoms with van der Waals surface area (Å²) < 4.78 is 0. The SMILES string of the molecule is CCc1nnc(NC(=O)c2ccc(Cl)cc2)s1. The first-order valence-electron chi connectivity index (χ1n) is 5.08. The van der Waals surface area contributed by atoms with E-state index in [1.807, 2.05) is 6.92 Å². The van der Waals surface area contributed by atoms with Crippen LogP contribution in [-0.4, -0.2) is 16.1 Å². The number of benzene rings is 1. The quantitative estimate of drug-likeness (QED) is 0.930. The molecule has 0 bridgehead atoms. The maximum atomic E-state index is 11.8. The van der Waals surface area contributed by atoms with Crippen LogP contribution >= 0.6 is 22.9 Å². The average molecular weight is 268 g/mol. The number of rotatable bonds is 3. The average Bonchev–Trinajstić information content (AvgIpc) is 2.77. The van der Waals surface area contributed by atoms with Crippen molar-refractivity contribution in [3.8, 4) is 0 Å².